The first-order chi connectivity index (χ1) is 9.66. The lowest BCUT2D eigenvalue weighted by atomic mass is 10.2. The molecule has 2 aromatic rings. The molecule has 1 aromatic carbocycles. The van der Waals surface area contributed by atoms with Crippen LogP contribution in [0.25, 0.3) is 0 Å². The Morgan fingerprint density at radius 2 is 2.00 bits per heavy atom. The number of nitriles is 1. The molecule has 0 atom stereocenters. The van der Waals surface area contributed by atoms with Crippen LogP contribution in [0.15, 0.2) is 24.3 Å². The Bertz CT molecular complexity index is 665. The van der Waals surface area contributed by atoms with Gasteiger partial charge in [-0.1, -0.05) is 0 Å². The van der Waals surface area contributed by atoms with Crippen LogP contribution in [0.5, 0.6) is 17.4 Å². The number of hydrogen-bond donors (Lipinski definition) is 1. The van der Waals surface area contributed by atoms with Crippen molar-refractivity contribution in [3.05, 3.63) is 35.7 Å². The van der Waals surface area contributed by atoms with Gasteiger partial charge < -0.3 is 14.8 Å². The lowest BCUT2D eigenvalue weighted by molar-refractivity contribution is 0.373. The second kappa shape index (κ2) is 5.89. The van der Waals surface area contributed by atoms with Gasteiger partial charge in [0.25, 0.3) is 0 Å². The predicted octanol–water partition coefficient (Wildman–Crippen LogP) is 2.50. The summed E-state index contributed by atoms with van der Waals surface area (Å²) in [7, 11) is 3.29. The van der Waals surface area contributed by atoms with Crippen molar-refractivity contribution in [3.63, 3.8) is 0 Å². The van der Waals surface area contributed by atoms with Crippen LogP contribution >= 0.6 is 0 Å². The molecule has 0 unspecified atom stereocenters. The topological polar surface area (TPSA) is 80.1 Å². The van der Waals surface area contributed by atoms with Gasteiger partial charge in [-0.25, -0.2) is 4.98 Å². The average molecular weight is 270 g/mol. The molecule has 0 bridgehead atoms. The van der Waals surface area contributed by atoms with Crippen molar-refractivity contribution in [3.8, 4) is 23.4 Å². The fourth-order valence-electron chi connectivity index (χ4n) is 1.65. The molecule has 1 heterocycles. The molecule has 6 nitrogen and oxygen atoms in total. The van der Waals surface area contributed by atoms with E-state index in [1.807, 2.05) is 6.07 Å². The Balaban J connectivity index is 2.34. The summed E-state index contributed by atoms with van der Waals surface area (Å²) in [4.78, 5) is 8.39. The van der Waals surface area contributed by atoms with Crippen molar-refractivity contribution >= 4 is 5.82 Å². The van der Waals surface area contributed by atoms with E-state index in [4.69, 9.17) is 14.7 Å². The van der Waals surface area contributed by atoms with E-state index in [-0.39, 0.29) is 0 Å². The van der Waals surface area contributed by atoms with Crippen molar-refractivity contribution in [2.75, 3.05) is 19.5 Å². The maximum atomic E-state index is 8.87. The van der Waals surface area contributed by atoms with Crippen LogP contribution in [0.2, 0.25) is 0 Å². The molecule has 0 fully saturated rings. The van der Waals surface area contributed by atoms with Gasteiger partial charge in [-0.15, -0.1) is 0 Å². The third kappa shape index (κ3) is 2.95. The van der Waals surface area contributed by atoms with Gasteiger partial charge in [0.15, 0.2) is 11.5 Å². The molecule has 0 saturated carbocycles. The van der Waals surface area contributed by atoms with Gasteiger partial charge in [-0.05, 0) is 19.1 Å². The Labute approximate surface area is 117 Å². The minimum atomic E-state index is 0.407. The molecule has 0 aliphatic rings. The van der Waals surface area contributed by atoms with Crippen LogP contribution in [0.4, 0.5) is 5.82 Å². The molecule has 0 spiro atoms. The first-order valence-electron chi connectivity index (χ1n) is 5.95. The van der Waals surface area contributed by atoms with Crippen LogP contribution in [0, 0.1) is 18.3 Å². The monoisotopic (exact) mass is 270 g/mol. The lowest BCUT2D eigenvalue weighted by Crippen LogP contribution is -1.99. The Kier molecular flexibility index (Phi) is 4.01. The number of ether oxygens (including phenoxy) is 2. The molecule has 20 heavy (non-hydrogen) atoms. The van der Waals surface area contributed by atoms with E-state index in [1.54, 1.807) is 38.2 Å². The van der Waals surface area contributed by atoms with Crippen LogP contribution in [0.1, 0.15) is 11.4 Å². The highest BCUT2D eigenvalue weighted by molar-refractivity contribution is 5.48. The van der Waals surface area contributed by atoms with Crippen LogP contribution in [-0.4, -0.2) is 24.1 Å². The first kappa shape index (κ1) is 13.6. The van der Waals surface area contributed by atoms with Crippen molar-refractivity contribution in [2.45, 2.75) is 6.92 Å². The van der Waals surface area contributed by atoms with Crippen molar-refractivity contribution in [1.82, 2.24) is 9.97 Å². The van der Waals surface area contributed by atoms with Gasteiger partial charge in [-0.3, -0.25) is 0 Å². The molecule has 6 heteroatoms. The van der Waals surface area contributed by atoms with E-state index < -0.39 is 0 Å². The SMILES string of the molecule is CNc1cc(Oc2ccc(C#N)cc2OC)nc(C)n1. The molecular formula is C14H14N4O2. The number of methoxy groups -OCH3 is 1. The van der Waals surface area contributed by atoms with Gasteiger partial charge in [0.2, 0.25) is 5.88 Å². The van der Waals surface area contributed by atoms with E-state index >= 15 is 0 Å². The lowest BCUT2D eigenvalue weighted by Gasteiger charge is -2.11. The number of nitrogens with zero attached hydrogens (tertiary/aromatic N) is 3. The highest BCUT2D eigenvalue weighted by atomic mass is 16.5. The molecule has 1 N–H and O–H groups in total. The van der Waals surface area contributed by atoms with Crippen LogP contribution < -0.4 is 14.8 Å². The molecule has 0 aliphatic carbocycles. The molecule has 1 aromatic heterocycles. The van der Waals surface area contributed by atoms with Crippen LogP contribution in [-0.2, 0) is 0 Å². The highest BCUT2D eigenvalue weighted by Crippen LogP contribution is 2.31. The number of aromatic nitrogens is 2. The summed E-state index contributed by atoms with van der Waals surface area (Å²) in [5.41, 5.74) is 0.504. The molecular weight excluding hydrogens is 256 g/mol. The van der Waals surface area contributed by atoms with Gasteiger partial charge in [0.1, 0.15) is 11.6 Å². The van der Waals surface area contributed by atoms with Crippen LogP contribution in [0.3, 0.4) is 0 Å². The normalized spacial score (nSPS) is 9.70. The van der Waals surface area contributed by atoms with E-state index in [0.717, 1.165) is 0 Å². The minimum Gasteiger partial charge on any atom is -0.493 e. The van der Waals surface area contributed by atoms with Crippen molar-refractivity contribution in [1.29, 1.82) is 5.26 Å². The summed E-state index contributed by atoms with van der Waals surface area (Å²) in [5.74, 6) is 2.64. The van der Waals surface area contributed by atoms with E-state index in [2.05, 4.69) is 15.3 Å². The predicted molar refractivity (Wildman–Crippen MR) is 74.1 cm³/mol. The van der Waals surface area contributed by atoms with Crippen molar-refractivity contribution < 1.29 is 9.47 Å². The third-order valence-corrected chi connectivity index (χ3v) is 2.58. The summed E-state index contributed by atoms with van der Waals surface area (Å²) in [6, 6.07) is 8.68. The van der Waals surface area contributed by atoms with E-state index in [0.29, 0.717) is 34.6 Å². The van der Waals surface area contributed by atoms with Gasteiger partial charge >= 0.3 is 0 Å². The van der Waals surface area contributed by atoms with E-state index in [1.165, 1.54) is 7.11 Å². The molecule has 0 radical (unpaired) electrons. The Hall–Kier alpha value is -2.81. The average Bonchev–Trinajstić information content (AvgIpc) is 2.47. The third-order valence-electron chi connectivity index (χ3n) is 2.58. The quantitative estimate of drug-likeness (QED) is 0.919. The summed E-state index contributed by atoms with van der Waals surface area (Å²) in [6.07, 6.45) is 0. The molecule has 102 valence electrons. The number of rotatable bonds is 4. The zero-order valence-electron chi connectivity index (χ0n) is 11.5. The number of anilines is 1. The molecule has 0 aliphatic heterocycles. The standard InChI is InChI=1S/C14H14N4O2/c1-9-17-13(16-2)7-14(18-9)20-11-5-4-10(8-15)6-12(11)19-3/h4-7H,1-3H3,(H,16,17,18). The fourth-order valence-corrected chi connectivity index (χ4v) is 1.65. The Morgan fingerprint density at radius 3 is 2.65 bits per heavy atom. The molecule has 0 saturated heterocycles. The largest absolute Gasteiger partial charge is 0.493 e. The second-order valence-corrected chi connectivity index (χ2v) is 3.97. The fraction of sp³-hybridized carbons (Fsp3) is 0.214. The van der Waals surface area contributed by atoms with Crippen molar-refractivity contribution in [2.24, 2.45) is 0 Å². The Morgan fingerprint density at radius 1 is 1.20 bits per heavy atom. The maximum Gasteiger partial charge on any atom is 0.224 e. The summed E-state index contributed by atoms with van der Waals surface area (Å²) in [5, 5.41) is 11.8. The molecule has 2 rings (SSSR count). The second-order valence-electron chi connectivity index (χ2n) is 3.97. The highest BCUT2D eigenvalue weighted by Gasteiger charge is 2.09. The van der Waals surface area contributed by atoms with Gasteiger partial charge in [-0.2, -0.15) is 10.2 Å². The minimum absolute atomic E-state index is 0.407. The number of aryl methyl sites for hydroxylation is 1. The summed E-state index contributed by atoms with van der Waals surface area (Å²) >= 11 is 0. The first-order valence-corrected chi connectivity index (χ1v) is 5.95. The maximum absolute atomic E-state index is 8.87. The van der Waals surface area contributed by atoms with E-state index in [9.17, 15) is 0 Å². The zero-order valence-corrected chi connectivity index (χ0v) is 11.5. The smallest absolute Gasteiger partial charge is 0.224 e. The number of hydrogen-bond acceptors (Lipinski definition) is 6. The number of nitrogens with one attached hydrogen (secondary N) is 1. The molecule has 0 amide bonds. The zero-order chi connectivity index (χ0) is 14.5. The number of benzene rings is 1. The van der Waals surface area contributed by atoms with Gasteiger partial charge in [0, 0.05) is 19.2 Å². The summed E-state index contributed by atoms with van der Waals surface area (Å²) < 4.78 is 10.9. The van der Waals surface area contributed by atoms with Gasteiger partial charge in [0.05, 0.1) is 18.7 Å². The summed E-state index contributed by atoms with van der Waals surface area (Å²) in [6.45, 7) is 1.78.